The van der Waals surface area contributed by atoms with Crippen LogP contribution in [0.1, 0.15) is 36.4 Å². The highest BCUT2D eigenvalue weighted by molar-refractivity contribution is 8.15. The number of aliphatic imine (C=N–C) groups is 1. The van der Waals surface area contributed by atoms with Gasteiger partial charge in [0.05, 0.1) is 31.7 Å². The van der Waals surface area contributed by atoms with Crippen LogP contribution in [0.2, 0.25) is 0 Å². The van der Waals surface area contributed by atoms with E-state index >= 15 is 0 Å². The largest absolute Gasteiger partial charge is 0.497 e. The normalized spacial score (nSPS) is 21.7. The predicted octanol–water partition coefficient (Wildman–Crippen LogP) is 5.21. The van der Waals surface area contributed by atoms with Crippen molar-refractivity contribution in [3.63, 3.8) is 0 Å². The minimum Gasteiger partial charge on any atom is -0.497 e. The van der Waals surface area contributed by atoms with Crippen molar-refractivity contribution in [2.45, 2.75) is 25.3 Å². The highest BCUT2D eigenvalue weighted by Crippen LogP contribution is 2.47. The van der Waals surface area contributed by atoms with Crippen LogP contribution in [-0.4, -0.2) is 35.9 Å². The highest BCUT2D eigenvalue weighted by atomic mass is 32.2. The van der Waals surface area contributed by atoms with Gasteiger partial charge in [-0.25, -0.2) is 4.99 Å². The maximum atomic E-state index is 12.8. The molecule has 0 bridgehead atoms. The third kappa shape index (κ3) is 3.65. The van der Waals surface area contributed by atoms with Crippen LogP contribution >= 0.6 is 11.8 Å². The van der Waals surface area contributed by atoms with Gasteiger partial charge in [0, 0.05) is 0 Å². The number of methoxy groups -OCH3 is 2. The van der Waals surface area contributed by atoms with Crippen LogP contribution in [-0.2, 0) is 4.79 Å². The second kappa shape index (κ2) is 8.27. The molecule has 0 N–H and O–H groups in total. The molecule has 0 saturated carbocycles. The molecule has 0 spiro atoms. The number of allylic oxidation sites excluding steroid dienone is 1. The molecule has 1 amide bonds. The molecule has 2 aliphatic heterocycles. The monoisotopic (exact) mass is 432 g/mol. The van der Waals surface area contributed by atoms with E-state index in [1.807, 2.05) is 29.2 Å². The Balaban J connectivity index is 1.60. The summed E-state index contributed by atoms with van der Waals surface area (Å²) in [5.74, 6) is 2.24. The van der Waals surface area contributed by atoms with Gasteiger partial charge < -0.3 is 9.47 Å². The maximum Gasteiger partial charge on any atom is 0.239 e. The molecule has 2 aromatic carbocycles. The fourth-order valence-electron chi connectivity index (χ4n) is 4.46. The molecule has 0 radical (unpaired) electrons. The van der Waals surface area contributed by atoms with E-state index in [4.69, 9.17) is 14.5 Å². The van der Waals surface area contributed by atoms with E-state index < -0.39 is 0 Å². The topological polar surface area (TPSA) is 51.1 Å². The summed E-state index contributed by atoms with van der Waals surface area (Å²) in [6, 6.07) is 16.0. The fourth-order valence-corrected chi connectivity index (χ4v) is 5.36. The minimum atomic E-state index is -0.101. The van der Waals surface area contributed by atoms with E-state index in [-0.39, 0.29) is 11.9 Å². The summed E-state index contributed by atoms with van der Waals surface area (Å²) < 4.78 is 10.6. The number of hydrogen-bond acceptors (Lipinski definition) is 5. The Morgan fingerprint density at radius 2 is 1.68 bits per heavy atom. The third-order valence-electron chi connectivity index (χ3n) is 5.98. The van der Waals surface area contributed by atoms with Gasteiger partial charge in [-0.05, 0) is 71.9 Å². The fraction of sp³-hybridized carbons (Fsp3) is 0.280. The van der Waals surface area contributed by atoms with Crippen molar-refractivity contribution in [2.24, 2.45) is 4.99 Å². The van der Waals surface area contributed by atoms with E-state index in [1.165, 1.54) is 22.9 Å². The van der Waals surface area contributed by atoms with Crippen molar-refractivity contribution in [1.82, 2.24) is 4.90 Å². The van der Waals surface area contributed by atoms with Crippen LogP contribution in [0.3, 0.4) is 0 Å². The van der Waals surface area contributed by atoms with Gasteiger partial charge in [0.1, 0.15) is 11.5 Å². The van der Waals surface area contributed by atoms with Crippen LogP contribution in [0.15, 0.2) is 70.4 Å². The zero-order chi connectivity index (χ0) is 21.4. The standard InChI is InChI=1S/C25H24N2O3S/c1-29-19-10-6-16(7-11-19)14-18-4-3-5-21-23(18)26-25-27(22(28)15-31-25)24(21)17-8-12-20(30-2)13-9-17/h6-14,24H,3-5,15H2,1-2H3/b18-14+/t24-/m0/s1. The van der Waals surface area contributed by atoms with E-state index in [1.54, 1.807) is 14.2 Å². The number of amidine groups is 1. The lowest BCUT2D eigenvalue weighted by atomic mass is 9.83. The SMILES string of the molecule is COc1ccc(/C=C2\CCCC3=C2N=C2SCC(=O)N2[C@H]3c2ccc(OC)cc2)cc1. The second-order valence-corrected chi connectivity index (χ2v) is 8.74. The lowest BCUT2D eigenvalue weighted by Crippen LogP contribution is -2.38. The molecule has 1 saturated heterocycles. The average Bonchev–Trinajstić information content (AvgIpc) is 3.19. The summed E-state index contributed by atoms with van der Waals surface area (Å²) >= 11 is 1.53. The van der Waals surface area contributed by atoms with Crippen molar-refractivity contribution >= 4 is 28.9 Å². The molecular weight excluding hydrogens is 408 g/mol. The molecule has 158 valence electrons. The third-order valence-corrected chi connectivity index (χ3v) is 6.92. The lowest BCUT2D eigenvalue weighted by molar-refractivity contribution is -0.125. The number of rotatable bonds is 4. The highest BCUT2D eigenvalue weighted by Gasteiger charge is 2.42. The Hall–Kier alpha value is -2.99. The first-order valence-corrected chi connectivity index (χ1v) is 11.4. The van der Waals surface area contributed by atoms with E-state index in [2.05, 4.69) is 30.3 Å². The van der Waals surface area contributed by atoms with Gasteiger partial charge in [0.15, 0.2) is 5.17 Å². The van der Waals surface area contributed by atoms with Gasteiger partial charge in [-0.15, -0.1) is 0 Å². The molecule has 1 atom stereocenters. The van der Waals surface area contributed by atoms with Crippen LogP contribution in [0.4, 0.5) is 0 Å². The van der Waals surface area contributed by atoms with Crippen LogP contribution in [0.5, 0.6) is 11.5 Å². The van der Waals surface area contributed by atoms with Crippen LogP contribution in [0, 0.1) is 0 Å². The Kier molecular flexibility index (Phi) is 5.32. The van der Waals surface area contributed by atoms with Gasteiger partial charge in [0.25, 0.3) is 0 Å². The smallest absolute Gasteiger partial charge is 0.239 e. The van der Waals surface area contributed by atoms with Gasteiger partial charge >= 0.3 is 0 Å². The molecule has 2 heterocycles. The number of benzene rings is 2. The zero-order valence-electron chi connectivity index (χ0n) is 17.6. The number of thioether (sulfide) groups is 1. The van der Waals surface area contributed by atoms with Gasteiger partial charge in [0.2, 0.25) is 5.91 Å². The summed E-state index contributed by atoms with van der Waals surface area (Å²) in [4.78, 5) is 19.6. The van der Waals surface area contributed by atoms with Crippen molar-refractivity contribution < 1.29 is 14.3 Å². The molecule has 1 fully saturated rings. The van der Waals surface area contributed by atoms with Crippen molar-refractivity contribution in [2.75, 3.05) is 20.0 Å². The van der Waals surface area contributed by atoms with Gasteiger partial charge in [-0.2, -0.15) is 0 Å². The summed E-state index contributed by atoms with van der Waals surface area (Å²) in [6.45, 7) is 0. The van der Waals surface area contributed by atoms with Crippen LogP contribution in [0.25, 0.3) is 6.08 Å². The number of carbonyl (C=O) groups is 1. The van der Waals surface area contributed by atoms with E-state index in [0.717, 1.165) is 52.8 Å². The Bertz CT molecular complexity index is 1100. The summed E-state index contributed by atoms with van der Waals surface area (Å²) in [7, 11) is 3.34. The van der Waals surface area contributed by atoms with Gasteiger partial charge in [-0.1, -0.05) is 36.0 Å². The van der Waals surface area contributed by atoms with Crippen LogP contribution < -0.4 is 9.47 Å². The molecular formula is C25H24N2O3S. The van der Waals surface area contributed by atoms with Crippen molar-refractivity contribution in [3.8, 4) is 11.5 Å². The lowest BCUT2D eigenvalue weighted by Gasteiger charge is -2.37. The number of carbonyl (C=O) groups excluding carboxylic acids is 1. The molecule has 5 rings (SSSR count). The molecule has 5 nitrogen and oxygen atoms in total. The number of fused-ring (bicyclic) bond motifs is 1. The Morgan fingerprint density at radius 3 is 2.35 bits per heavy atom. The molecule has 31 heavy (non-hydrogen) atoms. The predicted molar refractivity (Wildman–Crippen MR) is 124 cm³/mol. The first kappa shape index (κ1) is 19.9. The molecule has 0 aromatic heterocycles. The minimum absolute atomic E-state index is 0.101. The zero-order valence-corrected chi connectivity index (χ0v) is 18.4. The number of amides is 1. The first-order chi connectivity index (χ1) is 15.2. The number of hydrogen-bond donors (Lipinski definition) is 0. The summed E-state index contributed by atoms with van der Waals surface area (Å²) in [6.07, 6.45) is 5.19. The van der Waals surface area contributed by atoms with Gasteiger partial charge in [-0.3, -0.25) is 9.69 Å². The Labute approximate surface area is 186 Å². The number of ether oxygens (including phenoxy) is 2. The van der Waals surface area contributed by atoms with Crippen molar-refractivity contribution in [3.05, 3.63) is 76.5 Å². The van der Waals surface area contributed by atoms with E-state index in [9.17, 15) is 4.79 Å². The Morgan fingerprint density at radius 1 is 1.00 bits per heavy atom. The first-order valence-electron chi connectivity index (χ1n) is 10.4. The molecule has 0 unspecified atom stereocenters. The second-order valence-electron chi connectivity index (χ2n) is 7.79. The van der Waals surface area contributed by atoms with E-state index in [0.29, 0.717) is 5.75 Å². The number of nitrogens with zero attached hydrogens (tertiary/aromatic N) is 2. The quantitative estimate of drug-likeness (QED) is 0.665. The maximum absolute atomic E-state index is 12.8. The molecule has 2 aromatic rings. The molecule has 6 heteroatoms. The molecule has 1 aliphatic carbocycles. The summed E-state index contributed by atoms with van der Waals surface area (Å²) in [5, 5.41) is 0.812. The van der Waals surface area contributed by atoms with Crippen molar-refractivity contribution in [1.29, 1.82) is 0 Å². The average molecular weight is 433 g/mol. The summed E-state index contributed by atoms with van der Waals surface area (Å²) in [5.41, 5.74) is 5.75. The molecule has 3 aliphatic rings.